The van der Waals surface area contributed by atoms with Crippen LogP contribution in [0.5, 0.6) is 0 Å². The van der Waals surface area contributed by atoms with Gasteiger partial charge in [-0.1, -0.05) is 6.92 Å². The van der Waals surface area contributed by atoms with Gasteiger partial charge in [-0.05, 0) is 6.07 Å². The number of hydrogen-bond acceptors (Lipinski definition) is 6. The average molecular weight is 398 g/mol. The lowest BCUT2D eigenvalue weighted by molar-refractivity contribution is -0.141. The molecule has 3 rings (SSSR count). The Bertz CT molecular complexity index is 1200. The Morgan fingerprint density at radius 3 is 2.44 bits per heavy atom. The smallest absolute Gasteiger partial charge is 0.324 e. The largest absolute Gasteiger partial charge is 0.433 e. The topological polar surface area (TPSA) is 106 Å². The van der Waals surface area contributed by atoms with E-state index < -0.39 is 21.7 Å². The Kier molecular flexibility index (Phi) is 4.22. The van der Waals surface area contributed by atoms with Gasteiger partial charge in [0, 0.05) is 14.1 Å². The van der Waals surface area contributed by atoms with E-state index in [4.69, 9.17) is 0 Å². The summed E-state index contributed by atoms with van der Waals surface area (Å²) in [4.78, 5) is 11.6. The van der Waals surface area contributed by atoms with Crippen LogP contribution in [0.15, 0.2) is 17.3 Å². The van der Waals surface area contributed by atoms with Gasteiger partial charge in [-0.15, -0.1) is 0 Å². The lowest BCUT2D eigenvalue weighted by Gasteiger charge is -2.06. The molecule has 3 aromatic heterocycles. The van der Waals surface area contributed by atoms with Gasteiger partial charge in [0.2, 0.25) is 5.82 Å². The number of aromatic nitrogens is 5. The predicted octanol–water partition coefficient (Wildman–Crippen LogP) is 2.05. The minimum atomic E-state index is -4.64. The summed E-state index contributed by atoms with van der Waals surface area (Å²) in [5, 5.41) is 8.97. The Morgan fingerprint density at radius 2 is 1.89 bits per heavy atom. The fraction of sp³-hybridized carbons (Fsp3) is 0.333. The molecule has 0 aliphatic rings. The normalized spacial score (nSPS) is 12.5. The molecule has 0 aliphatic heterocycles. The number of imidazole rings is 2. The van der Waals surface area contributed by atoms with E-state index in [-0.39, 0.29) is 39.2 Å². The second kappa shape index (κ2) is 6.05. The van der Waals surface area contributed by atoms with E-state index in [1.165, 1.54) is 25.6 Å². The molecule has 0 aromatic carbocycles. The second-order valence-electron chi connectivity index (χ2n) is 5.71. The fourth-order valence-electron chi connectivity index (χ4n) is 2.68. The number of pyridine rings is 1. The molecule has 0 spiro atoms. The highest BCUT2D eigenvalue weighted by atomic mass is 32.2. The van der Waals surface area contributed by atoms with E-state index in [0.29, 0.717) is 0 Å². The molecule has 0 unspecified atom stereocenters. The first-order valence-corrected chi connectivity index (χ1v) is 9.26. The van der Waals surface area contributed by atoms with Crippen LogP contribution in [0.1, 0.15) is 18.4 Å². The Labute approximate surface area is 151 Å². The first-order chi connectivity index (χ1) is 12.5. The molecule has 0 saturated heterocycles. The van der Waals surface area contributed by atoms with Crippen molar-refractivity contribution in [3.05, 3.63) is 23.8 Å². The van der Waals surface area contributed by atoms with Crippen molar-refractivity contribution in [1.82, 2.24) is 24.1 Å². The van der Waals surface area contributed by atoms with E-state index in [2.05, 4.69) is 15.0 Å². The monoisotopic (exact) mass is 398 g/mol. The molecule has 142 valence electrons. The number of aryl methyl sites for hydroxylation is 1. The molecule has 0 bridgehead atoms. The molecule has 3 aromatic rings. The van der Waals surface area contributed by atoms with Crippen LogP contribution >= 0.6 is 0 Å². The van der Waals surface area contributed by atoms with E-state index in [9.17, 15) is 26.9 Å². The van der Waals surface area contributed by atoms with E-state index >= 15 is 0 Å². The molecule has 0 radical (unpaired) electrons. The molecular weight excluding hydrogens is 385 g/mol. The van der Waals surface area contributed by atoms with Crippen LogP contribution in [-0.4, -0.2) is 38.3 Å². The molecule has 0 fully saturated rings. The van der Waals surface area contributed by atoms with Gasteiger partial charge < -0.3 is 9.13 Å². The van der Waals surface area contributed by atoms with Gasteiger partial charge in [0.15, 0.2) is 20.7 Å². The van der Waals surface area contributed by atoms with E-state index in [0.717, 1.165) is 16.8 Å². The summed E-state index contributed by atoms with van der Waals surface area (Å²) in [6, 6.07) is 2.57. The quantitative estimate of drug-likeness (QED) is 0.668. The molecule has 3 heterocycles. The summed E-state index contributed by atoms with van der Waals surface area (Å²) in [7, 11) is -0.901. The van der Waals surface area contributed by atoms with Gasteiger partial charge in [0.25, 0.3) is 0 Å². The van der Waals surface area contributed by atoms with Crippen molar-refractivity contribution < 1.29 is 21.6 Å². The van der Waals surface area contributed by atoms with Crippen LogP contribution in [0.2, 0.25) is 0 Å². The van der Waals surface area contributed by atoms with Gasteiger partial charge in [-0.25, -0.2) is 23.4 Å². The molecule has 12 heteroatoms. The minimum Gasteiger partial charge on any atom is -0.324 e. The van der Waals surface area contributed by atoms with Crippen LogP contribution in [0.25, 0.3) is 22.6 Å². The van der Waals surface area contributed by atoms with Crippen molar-refractivity contribution in [1.29, 1.82) is 5.26 Å². The summed E-state index contributed by atoms with van der Waals surface area (Å²) in [6.07, 6.45) is -3.63. The zero-order valence-electron chi connectivity index (χ0n) is 14.4. The zero-order valence-corrected chi connectivity index (χ0v) is 15.2. The number of hydrogen-bond donors (Lipinski definition) is 0. The molecule has 0 atom stereocenters. The Balaban J connectivity index is 2.34. The molecular formula is C15H13F3N6O2S. The van der Waals surface area contributed by atoms with Crippen LogP contribution in [-0.2, 0) is 30.1 Å². The van der Waals surface area contributed by atoms with Crippen LogP contribution in [0.3, 0.4) is 0 Å². The molecule has 27 heavy (non-hydrogen) atoms. The summed E-state index contributed by atoms with van der Waals surface area (Å²) >= 11 is 0. The van der Waals surface area contributed by atoms with Crippen molar-refractivity contribution in [2.24, 2.45) is 14.1 Å². The van der Waals surface area contributed by atoms with Crippen LogP contribution in [0, 0.1) is 11.3 Å². The highest BCUT2D eigenvalue weighted by molar-refractivity contribution is 7.91. The summed E-state index contributed by atoms with van der Waals surface area (Å²) in [5.74, 6) is -0.373. The number of fused-ring (bicyclic) bond motifs is 1. The summed E-state index contributed by atoms with van der Waals surface area (Å²) in [5.41, 5.74) is -0.955. The lowest BCUT2D eigenvalue weighted by atomic mass is 10.3. The number of sulfone groups is 1. The molecule has 0 amide bonds. The van der Waals surface area contributed by atoms with Gasteiger partial charge in [0.1, 0.15) is 17.5 Å². The summed E-state index contributed by atoms with van der Waals surface area (Å²) in [6.45, 7) is 1.44. The average Bonchev–Trinajstić information content (AvgIpc) is 3.11. The number of rotatable bonds is 3. The molecule has 0 N–H and O–H groups in total. The maximum Gasteiger partial charge on any atom is 0.433 e. The first-order valence-electron chi connectivity index (χ1n) is 7.60. The third-order valence-corrected chi connectivity index (χ3v) is 5.90. The Morgan fingerprint density at radius 1 is 1.22 bits per heavy atom. The van der Waals surface area contributed by atoms with Crippen molar-refractivity contribution in [3.63, 3.8) is 0 Å². The lowest BCUT2D eigenvalue weighted by Crippen LogP contribution is -2.11. The third kappa shape index (κ3) is 2.93. The molecule has 0 aliphatic carbocycles. The summed E-state index contributed by atoms with van der Waals surface area (Å²) < 4.78 is 66.2. The first kappa shape index (κ1) is 18.8. The number of nitriles is 1. The van der Waals surface area contributed by atoms with Crippen LogP contribution < -0.4 is 0 Å². The van der Waals surface area contributed by atoms with Crippen molar-refractivity contribution in [2.45, 2.75) is 18.1 Å². The maximum atomic E-state index is 12.9. The maximum absolute atomic E-state index is 12.9. The zero-order chi connectivity index (χ0) is 20.1. The standard InChI is InChI=1S/C15H13F3N6O2S/c1-4-27(25,26)14-12(22-11(6-19)24(14)3)13-21-8-5-10(15(16,17)18)20-7-9(8)23(13)2/h5,7H,4H2,1-3H3. The third-order valence-electron chi connectivity index (χ3n) is 4.09. The predicted molar refractivity (Wildman–Crippen MR) is 88.2 cm³/mol. The SMILES string of the molecule is CCS(=O)(=O)c1c(-c2nc3cc(C(F)(F)F)ncc3n2C)nc(C#N)n1C. The van der Waals surface area contributed by atoms with Gasteiger partial charge >= 0.3 is 6.18 Å². The fourth-order valence-corrected chi connectivity index (χ4v) is 3.89. The highest BCUT2D eigenvalue weighted by Crippen LogP contribution is 2.32. The van der Waals surface area contributed by atoms with Crippen LogP contribution in [0.4, 0.5) is 13.2 Å². The van der Waals surface area contributed by atoms with Gasteiger partial charge in [-0.2, -0.15) is 18.4 Å². The Hall–Kier alpha value is -2.94. The van der Waals surface area contributed by atoms with E-state index in [1.54, 1.807) is 6.07 Å². The molecule has 8 nitrogen and oxygen atoms in total. The van der Waals surface area contributed by atoms with Crippen molar-refractivity contribution in [2.75, 3.05) is 5.75 Å². The minimum absolute atomic E-state index is 0.0150. The van der Waals surface area contributed by atoms with Crippen molar-refractivity contribution in [3.8, 4) is 17.6 Å². The molecule has 0 saturated carbocycles. The van der Waals surface area contributed by atoms with E-state index in [1.807, 2.05) is 0 Å². The number of halogens is 3. The number of alkyl halides is 3. The highest BCUT2D eigenvalue weighted by Gasteiger charge is 2.34. The van der Waals surface area contributed by atoms with Gasteiger partial charge in [-0.3, -0.25) is 0 Å². The van der Waals surface area contributed by atoms with Crippen molar-refractivity contribution >= 4 is 20.9 Å². The van der Waals surface area contributed by atoms with Gasteiger partial charge in [0.05, 0.1) is 23.0 Å². The number of nitrogens with zero attached hydrogens (tertiary/aromatic N) is 6. The second-order valence-corrected chi connectivity index (χ2v) is 7.91.